The molecule has 2 aromatic carbocycles. The van der Waals surface area contributed by atoms with Crippen LogP contribution >= 0.6 is 0 Å². The van der Waals surface area contributed by atoms with Crippen LogP contribution in [0.3, 0.4) is 0 Å². The van der Waals surface area contributed by atoms with Crippen molar-refractivity contribution in [2.75, 3.05) is 0 Å². The minimum atomic E-state index is -0.555. The Kier molecular flexibility index (Phi) is 5.02. The Labute approximate surface area is 107 Å². The highest BCUT2D eigenvalue weighted by molar-refractivity contribution is 5.93. The van der Waals surface area contributed by atoms with Gasteiger partial charge in [0.2, 0.25) is 0 Å². The molecule has 0 aromatic heterocycles. The van der Waals surface area contributed by atoms with Crippen molar-refractivity contribution in [3.05, 3.63) is 53.6 Å². The molecule has 0 bridgehead atoms. The molecule has 2 aromatic rings. The SMILES string of the molecule is C=Cc1c(F)cc(F)c2cccc(CC)c12.CC. The van der Waals surface area contributed by atoms with Gasteiger partial charge in [-0.3, -0.25) is 0 Å². The van der Waals surface area contributed by atoms with Crippen molar-refractivity contribution in [1.29, 1.82) is 0 Å². The van der Waals surface area contributed by atoms with E-state index in [0.717, 1.165) is 18.1 Å². The van der Waals surface area contributed by atoms with Gasteiger partial charge in [0.25, 0.3) is 0 Å². The van der Waals surface area contributed by atoms with E-state index >= 15 is 0 Å². The molecule has 18 heavy (non-hydrogen) atoms. The second kappa shape index (κ2) is 6.29. The van der Waals surface area contributed by atoms with Gasteiger partial charge >= 0.3 is 0 Å². The number of hydrogen-bond acceptors (Lipinski definition) is 0. The predicted octanol–water partition coefficient (Wildman–Crippen LogP) is 5.35. The van der Waals surface area contributed by atoms with E-state index < -0.39 is 11.6 Å². The van der Waals surface area contributed by atoms with Crippen LogP contribution in [0.25, 0.3) is 16.8 Å². The Morgan fingerprint density at radius 2 is 1.83 bits per heavy atom. The molecule has 0 aliphatic carbocycles. The van der Waals surface area contributed by atoms with Crippen molar-refractivity contribution in [2.24, 2.45) is 0 Å². The number of halogens is 2. The molecule has 0 nitrogen and oxygen atoms in total. The summed E-state index contributed by atoms with van der Waals surface area (Å²) in [6.45, 7) is 9.55. The van der Waals surface area contributed by atoms with Crippen LogP contribution < -0.4 is 0 Å². The van der Waals surface area contributed by atoms with E-state index in [1.54, 1.807) is 12.1 Å². The second-order valence-electron chi connectivity index (χ2n) is 3.65. The molecule has 2 heteroatoms. The third-order valence-electron chi connectivity index (χ3n) is 2.77. The lowest BCUT2D eigenvalue weighted by Crippen LogP contribution is -1.93. The van der Waals surface area contributed by atoms with E-state index in [9.17, 15) is 8.78 Å². The molecule has 0 saturated heterocycles. The third kappa shape index (κ3) is 2.42. The molecular weight excluding hydrogens is 230 g/mol. The summed E-state index contributed by atoms with van der Waals surface area (Å²) in [6.07, 6.45) is 2.18. The van der Waals surface area contributed by atoms with Gasteiger partial charge in [-0.1, -0.05) is 51.6 Å². The topological polar surface area (TPSA) is 0 Å². The lowest BCUT2D eigenvalue weighted by Gasteiger charge is -2.09. The fraction of sp³-hybridized carbons (Fsp3) is 0.250. The molecule has 0 fully saturated rings. The van der Waals surface area contributed by atoms with Crippen molar-refractivity contribution < 1.29 is 8.78 Å². The largest absolute Gasteiger partial charge is 0.206 e. The highest BCUT2D eigenvalue weighted by Gasteiger charge is 2.12. The number of hydrogen-bond donors (Lipinski definition) is 0. The standard InChI is InChI=1S/C14H12F2.C2H6/c1-3-9-6-5-7-11-13(16)8-12(15)10(4-2)14(9)11;1-2/h4-8H,2-3H2,1H3;1-2H3. The summed E-state index contributed by atoms with van der Waals surface area (Å²) in [5.74, 6) is -1.07. The number of benzene rings is 2. The van der Waals surface area contributed by atoms with E-state index in [1.165, 1.54) is 6.08 Å². The molecule has 0 heterocycles. The average molecular weight is 248 g/mol. The Morgan fingerprint density at radius 1 is 1.17 bits per heavy atom. The van der Waals surface area contributed by atoms with Gasteiger partial charge in [-0.15, -0.1) is 0 Å². The van der Waals surface area contributed by atoms with Gasteiger partial charge < -0.3 is 0 Å². The van der Waals surface area contributed by atoms with E-state index in [0.29, 0.717) is 16.3 Å². The van der Waals surface area contributed by atoms with Gasteiger partial charge in [-0.2, -0.15) is 0 Å². The molecule has 0 radical (unpaired) electrons. The smallest absolute Gasteiger partial charge is 0.133 e. The van der Waals surface area contributed by atoms with Crippen molar-refractivity contribution in [3.63, 3.8) is 0 Å². The maximum Gasteiger partial charge on any atom is 0.133 e. The number of aryl methyl sites for hydroxylation is 1. The Bertz CT molecular complexity index is 557. The van der Waals surface area contributed by atoms with Crippen LogP contribution in [-0.4, -0.2) is 0 Å². The van der Waals surface area contributed by atoms with Crippen molar-refractivity contribution in [3.8, 4) is 0 Å². The summed E-state index contributed by atoms with van der Waals surface area (Å²) in [5, 5.41) is 1.09. The predicted molar refractivity (Wildman–Crippen MR) is 74.7 cm³/mol. The summed E-state index contributed by atoms with van der Waals surface area (Å²) in [7, 11) is 0. The Balaban J connectivity index is 0.000000771. The zero-order chi connectivity index (χ0) is 13.7. The zero-order valence-electron chi connectivity index (χ0n) is 11.1. The molecule has 0 spiro atoms. The minimum absolute atomic E-state index is 0.383. The summed E-state index contributed by atoms with van der Waals surface area (Å²) < 4.78 is 27.2. The van der Waals surface area contributed by atoms with Gasteiger partial charge in [0, 0.05) is 17.0 Å². The minimum Gasteiger partial charge on any atom is -0.206 e. The highest BCUT2D eigenvalue weighted by atomic mass is 19.1. The first-order valence-electron chi connectivity index (χ1n) is 6.21. The summed E-state index contributed by atoms with van der Waals surface area (Å²) in [4.78, 5) is 0. The molecule has 0 aliphatic rings. The summed E-state index contributed by atoms with van der Waals surface area (Å²) in [5.41, 5.74) is 1.32. The average Bonchev–Trinajstić information content (AvgIpc) is 2.41. The highest BCUT2D eigenvalue weighted by Crippen LogP contribution is 2.28. The van der Waals surface area contributed by atoms with Gasteiger partial charge in [0.05, 0.1) is 0 Å². The van der Waals surface area contributed by atoms with E-state index in [1.807, 2.05) is 26.8 Å². The Hall–Kier alpha value is -1.70. The van der Waals surface area contributed by atoms with Gasteiger partial charge in [0.1, 0.15) is 11.6 Å². The van der Waals surface area contributed by atoms with Crippen LogP contribution in [0.15, 0.2) is 30.8 Å². The molecule has 0 amide bonds. The Morgan fingerprint density at radius 3 is 2.39 bits per heavy atom. The molecule has 0 aliphatic heterocycles. The van der Waals surface area contributed by atoms with Crippen LogP contribution in [0.5, 0.6) is 0 Å². The van der Waals surface area contributed by atoms with E-state index in [-0.39, 0.29) is 0 Å². The fourth-order valence-electron chi connectivity index (χ4n) is 2.00. The molecule has 0 unspecified atom stereocenters. The lowest BCUT2D eigenvalue weighted by molar-refractivity contribution is 0.590. The van der Waals surface area contributed by atoms with Gasteiger partial charge in [0.15, 0.2) is 0 Å². The monoisotopic (exact) mass is 248 g/mol. The molecule has 0 N–H and O–H groups in total. The first kappa shape index (κ1) is 14.4. The van der Waals surface area contributed by atoms with Crippen LogP contribution in [-0.2, 0) is 6.42 Å². The van der Waals surface area contributed by atoms with E-state index in [2.05, 4.69) is 6.58 Å². The van der Waals surface area contributed by atoms with Crippen molar-refractivity contribution in [1.82, 2.24) is 0 Å². The zero-order valence-corrected chi connectivity index (χ0v) is 11.1. The molecular formula is C16H18F2. The first-order chi connectivity index (χ1) is 8.69. The van der Waals surface area contributed by atoms with Crippen molar-refractivity contribution >= 4 is 16.8 Å². The first-order valence-corrected chi connectivity index (χ1v) is 6.21. The summed E-state index contributed by atoms with van der Waals surface area (Å²) in [6, 6.07) is 6.25. The maximum atomic E-state index is 13.6. The number of fused-ring (bicyclic) bond motifs is 1. The van der Waals surface area contributed by atoms with Crippen LogP contribution in [0.1, 0.15) is 31.9 Å². The quantitative estimate of drug-likeness (QED) is 0.672. The van der Waals surface area contributed by atoms with E-state index in [4.69, 9.17) is 0 Å². The maximum absolute atomic E-state index is 13.6. The third-order valence-corrected chi connectivity index (χ3v) is 2.77. The lowest BCUT2D eigenvalue weighted by atomic mass is 9.97. The van der Waals surface area contributed by atoms with Crippen molar-refractivity contribution in [2.45, 2.75) is 27.2 Å². The van der Waals surface area contributed by atoms with Gasteiger partial charge in [-0.25, -0.2) is 8.78 Å². The second-order valence-corrected chi connectivity index (χ2v) is 3.65. The van der Waals surface area contributed by atoms with Crippen LogP contribution in [0.2, 0.25) is 0 Å². The van der Waals surface area contributed by atoms with Crippen LogP contribution in [0.4, 0.5) is 8.78 Å². The molecule has 2 rings (SSSR count). The number of rotatable bonds is 2. The van der Waals surface area contributed by atoms with Crippen LogP contribution in [0, 0.1) is 11.6 Å². The molecule has 0 saturated carbocycles. The molecule has 96 valence electrons. The fourth-order valence-corrected chi connectivity index (χ4v) is 2.00. The molecule has 0 atom stereocenters. The van der Waals surface area contributed by atoms with Gasteiger partial charge in [-0.05, 0) is 17.4 Å². The normalized spacial score (nSPS) is 9.83. The summed E-state index contributed by atoms with van der Waals surface area (Å²) >= 11 is 0.